The molecule has 1 N–H and O–H groups in total. The van der Waals surface area contributed by atoms with Crippen LogP contribution in [0.4, 0.5) is 10.3 Å². The van der Waals surface area contributed by atoms with Crippen LogP contribution in [0.25, 0.3) is 11.2 Å². The van der Waals surface area contributed by atoms with Gasteiger partial charge < -0.3 is 14.8 Å². The van der Waals surface area contributed by atoms with Gasteiger partial charge in [0.15, 0.2) is 22.7 Å². The Labute approximate surface area is 195 Å². The summed E-state index contributed by atoms with van der Waals surface area (Å²) in [6.45, 7) is 0.555. The van der Waals surface area contributed by atoms with Gasteiger partial charge in [0.05, 0.1) is 20.8 Å². The second kappa shape index (κ2) is 9.42. The molecule has 4 aromatic rings. The van der Waals surface area contributed by atoms with Gasteiger partial charge in [-0.05, 0) is 30.2 Å². The molecule has 0 amide bonds. The van der Waals surface area contributed by atoms with E-state index in [1.165, 1.54) is 17.7 Å². The number of fused-ring (bicyclic) bond motifs is 1. The van der Waals surface area contributed by atoms with E-state index < -0.39 is 11.2 Å². The molecule has 2 heterocycles. The number of hydrogen-bond acceptors (Lipinski definition) is 6. The molecule has 0 spiro atoms. The van der Waals surface area contributed by atoms with Gasteiger partial charge in [-0.3, -0.25) is 18.5 Å². The zero-order valence-corrected chi connectivity index (χ0v) is 19.5. The van der Waals surface area contributed by atoms with E-state index in [2.05, 4.69) is 10.3 Å². The standard InChI is InChI=1S/C24H26FN5O4/c1-28-21-20(22(31)29(2)24(28)32)30(14-16-7-5-6-8-17(16)25)23(27-21)26-12-11-15-9-10-18(33-3)19(13-15)34-4/h5-10,13H,11-12,14H2,1-4H3,(H,26,27). The van der Waals surface area contributed by atoms with E-state index in [1.54, 1.807) is 44.0 Å². The maximum atomic E-state index is 14.4. The van der Waals surface area contributed by atoms with Crippen LogP contribution in [-0.2, 0) is 27.1 Å². The summed E-state index contributed by atoms with van der Waals surface area (Å²) in [4.78, 5) is 29.9. The van der Waals surface area contributed by atoms with Crippen LogP contribution < -0.4 is 26.0 Å². The second-order valence-electron chi connectivity index (χ2n) is 7.86. The predicted octanol–water partition coefficient (Wildman–Crippen LogP) is 2.29. The number of aryl methyl sites for hydroxylation is 1. The summed E-state index contributed by atoms with van der Waals surface area (Å²) in [5, 5.41) is 3.24. The van der Waals surface area contributed by atoms with Crippen LogP contribution in [0, 0.1) is 5.82 Å². The topological polar surface area (TPSA) is 92.3 Å². The third kappa shape index (κ3) is 4.14. The predicted molar refractivity (Wildman–Crippen MR) is 127 cm³/mol. The molecule has 0 saturated heterocycles. The number of hydrogen-bond donors (Lipinski definition) is 1. The zero-order chi connectivity index (χ0) is 24.4. The summed E-state index contributed by atoms with van der Waals surface area (Å²) in [5.74, 6) is 1.26. The SMILES string of the molecule is COc1ccc(CCNc2nc3c(c(=O)n(C)c(=O)n3C)n2Cc2ccccc2F)cc1OC. The highest BCUT2D eigenvalue weighted by molar-refractivity contribution is 5.74. The van der Waals surface area contributed by atoms with Gasteiger partial charge in [-0.15, -0.1) is 0 Å². The maximum absolute atomic E-state index is 14.4. The molecule has 2 aromatic heterocycles. The van der Waals surface area contributed by atoms with Crippen molar-refractivity contribution in [1.29, 1.82) is 0 Å². The lowest BCUT2D eigenvalue weighted by Crippen LogP contribution is -2.37. The van der Waals surface area contributed by atoms with Gasteiger partial charge in [0.2, 0.25) is 5.95 Å². The molecule has 9 nitrogen and oxygen atoms in total. The zero-order valence-electron chi connectivity index (χ0n) is 19.5. The van der Waals surface area contributed by atoms with E-state index in [1.807, 2.05) is 18.2 Å². The normalized spacial score (nSPS) is 11.1. The summed E-state index contributed by atoms with van der Waals surface area (Å²) in [6.07, 6.45) is 0.625. The highest BCUT2D eigenvalue weighted by atomic mass is 19.1. The smallest absolute Gasteiger partial charge is 0.332 e. The Morgan fingerprint density at radius 1 is 1.00 bits per heavy atom. The second-order valence-corrected chi connectivity index (χ2v) is 7.86. The van der Waals surface area contributed by atoms with Crippen LogP contribution in [0.2, 0.25) is 0 Å². The molecular formula is C24H26FN5O4. The third-order valence-corrected chi connectivity index (χ3v) is 5.78. The fourth-order valence-electron chi connectivity index (χ4n) is 3.89. The molecule has 34 heavy (non-hydrogen) atoms. The Kier molecular flexibility index (Phi) is 6.40. The van der Waals surface area contributed by atoms with Gasteiger partial charge >= 0.3 is 5.69 Å². The molecule has 10 heteroatoms. The van der Waals surface area contributed by atoms with Crippen LogP contribution >= 0.6 is 0 Å². The quantitative estimate of drug-likeness (QED) is 0.428. The van der Waals surface area contributed by atoms with Crippen molar-refractivity contribution in [3.63, 3.8) is 0 Å². The third-order valence-electron chi connectivity index (χ3n) is 5.78. The van der Waals surface area contributed by atoms with Crippen LogP contribution in [0.15, 0.2) is 52.1 Å². The highest BCUT2D eigenvalue weighted by Crippen LogP contribution is 2.27. The van der Waals surface area contributed by atoms with Crippen LogP contribution in [0.5, 0.6) is 11.5 Å². The molecule has 0 aliphatic heterocycles. The van der Waals surface area contributed by atoms with Crippen LogP contribution in [-0.4, -0.2) is 39.4 Å². The number of methoxy groups -OCH3 is 2. The van der Waals surface area contributed by atoms with Gasteiger partial charge in [0, 0.05) is 26.2 Å². The first-order valence-electron chi connectivity index (χ1n) is 10.7. The number of nitrogens with one attached hydrogen (secondary N) is 1. The number of aromatic nitrogens is 4. The van der Waals surface area contributed by atoms with E-state index in [-0.39, 0.29) is 23.5 Å². The van der Waals surface area contributed by atoms with Crippen molar-refractivity contribution in [3.05, 3.63) is 80.2 Å². The van der Waals surface area contributed by atoms with Crippen molar-refractivity contribution < 1.29 is 13.9 Å². The van der Waals surface area contributed by atoms with E-state index in [0.29, 0.717) is 36.0 Å². The molecule has 2 aromatic carbocycles. The Balaban J connectivity index is 1.71. The summed E-state index contributed by atoms with van der Waals surface area (Å²) >= 11 is 0. The first kappa shape index (κ1) is 23.1. The van der Waals surface area contributed by atoms with Crippen LogP contribution in [0.1, 0.15) is 11.1 Å². The average Bonchev–Trinajstić information content (AvgIpc) is 3.20. The van der Waals surface area contributed by atoms with E-state index in [0.717, 1.165) is 10.1 Å². The monoisotopic (exact) mass is 467 g/mol. The number of nitrogens with zero attached hydrogens (tertiary/aromatic N) is 4. The molecule has 0 bridgehead atoms. The summed E-state index contributed by atoms with van der Waals surface area (Å²) in [5.41, 5.74) is 0.894. The first-order chi connectivity index (χ1) is 16.3. The number of benzene rings is 2. The number of rotatable bonds is 8. The van der Waals surface area contributed by atoms with Crippen molar-refractivity contribution in [3.8, 4) is 11.5 Å². The number of imidazole rings is 1. The van der Waals surface area contributed by atoms with Crippen LogP contribution in [0.3, 0.4) is 0 Å². The fourth-order valence-corrected chi connectivity index (χ4v) is 3.89. The molecule has 0 fully saturated rings. The Morgan fingerprint density at radius 3 is 2.44 bits per heavy atom. The Morgan fingerprint density at radius 2 is 1.74 bits per heavy atom. The molecule has 0 aliphatic rings. The Bertz CT molecular complexity index is 1470. The maximum Gasteiger partial charge on any atom is 0.332 e. The fraction of sp³-hybridized carbons (Fsp3) is 0.292. The van der Waals surface area contributed by atoms with Gasteiger partial charge in [-0.2, -0.15) is 4.98 Å². The minimum atomic E-state index is -0.491. The van der Waals surface area contributed by atoms with Gasteiger partial charge in [0.25, 0.3) is 5.56 Å². The molecule has 0 unspecified atom stereocenters. The molecule has 0 radical (unpaired) electrons. The minimum absolute atomic E-state index is 0.0787. The van der Waals surface area contributed by atoms with E-state index in [9.17, 15) is 14.0 Å². The lowest BCUT2D eigenvalue weighted by molar-refractivity contribution is 0.354. The molecule has 4 rings (SSSR count). The average molecular weight is 468 g/mol. The summed E-state index contributed by atoms with van der Waals surface area (Å²) in [6, 6.07) is 12.0. The van der Waals surface area contributed by atoms with Crippen molar-refractivity contribution >= 4 is 17.1 Å². The number of anilines is 1. The largest absolute Gasteiger partial charge is 0.493 e. The number of ether oxygens (including phenoxy) is 2. The summed E-state index contributed by atoms with van der Waals surface area (Å²) in [7, 11) is 6.12. The molecule has 0 aliphatic carbocycles. The van der Waals surface area contributed by atoms with Crippen molar-refractivity contribution in [2.75, 3.05) is 26.1 Å². The molecule has 178 valence electrons. The molecule has 0 atom stereocenters. The highest BCUT2D eigenvalue weighted by Gasteiger charge is 2.20. The van der Waals surface area contributed by atoms with Gasteiger partial charge in [-0.1, -0.05) is 24.3 Å². The number of halogens is 1. The molecule has 0 saturated carbocycles. The lowest BCUT2D eigenvalue weighted by atomic mass is 10.1. The van der Waals surface area contributed by atoms with Gasteiger partial charge in [-0.25, -0.2) is 9.18 Å². The minimum Gasteiger partial charge on any atom is -0.493 e. The molecular weight excluding hydrogens is 441 g/mol. The van der Waals surface area contributed by atoms with Gasteiger partial charge in [0.1, 0.15) is 5.82 Å². The van der Waals surface area contributed by atoms with E-state index >= 15 is 0 Å². The summed E-state index contributed by atoms with van der Waals surface area (Å²) < 4.78 is 29.0. The van der Waals surface area contributed by atoms with Crippen molar-refractivity contribution in [1.82, 2.24) is 18.7 Å². The van der Waals surface area contributed by atoms with E-state index in [4.69, 9.17) is 9.47 Å². The van der Waals surface area contributed by atoms with Crippen molar-refractivity contribution in [2.24, 2.45) is 14.1 Å². The van der Waals surface area contributed by atoms with Crippen molar-refractivity contribution in [2.45, 2.75) is 13.0 Å². The first-order valence-corrected chi connectivity index (χ1v) is 10.7. The lowest BCUT2D eigenvalue weighted by Gasteiger charge is -2.12. The Hall–Kier alpha value is -4.08.